The zero-order valence-corrected chi connectivity index (χ0v) is 14.1. The van der Waals surface area contributed by atoms with Gasteiger partial charge in [0.05, 0.1) is 0 Å². The standard InChI is InChI=1S/C18H20N2O2S/c1-19-12-15-6-4-3-5-14(15)9-13-7-8-17-16(10-13)11-18(20-17)23(2,21)22/h3-8,10-11,19-20H,9,12H2,1-2H3. The van der Waals surface area contributed by atoms with Crippen LogP contribution in [-0.2, 0) is 22.8 Å². The Hall–Kier alpha value is -2.11. The number of fused-ring (bicyclic) bond motifs is 1. The second-order valence-corrected chi connectivity index (χ2v) is 7.79. The van der Waals surface area contributed by atoms with Crippen LogP contribution < -0.4 is 5.32 Å². The van der Waals surface area contributed by atoms with Gasteiger partial charge in [-0.25, -0.2) is 8.42 Å². The lowest BCUT2D eigenvalue weighted by molar-refractivity contribution is 0.599. The smallest absolute Gasteiger partial charge is 0.190 e. The van der Waals surface area contributed by atoms with Gasteiger partial charge in [-0.1, -0.05) is 30.3 Å². The number of hydrogen-bond donors (Lipinski definition) is 2. The van der Waals surface area contributed by atoms with E-state index in [-0.39, 0.29) is 5.03 Å². The first-order valence-electron chi connectivity index (χ1n) is 7.50. The van der Waals surface area contributed by atoms with Crippen molar-refractivity contribution < 1.29 is 8.42 Å². The lowest BCUT2D eigenvalue weighted by Crippen LogP contribution is -2.07. The summed E-state index contributed by atoms with van der Waals surface area (Å²) < 4.78 is 23.3. The molecule has 1 heterocycles. The fraction of sp³-hybridized carbons (Fsp3) is 0.222. The van der Waals surface area contributed by atoms with E-state index in [2.05, 4.69) is 28.5 Å². The van der Waals surface area contributed by atoms with Crippen molar-refractivity contribution in [2.24, 2.45) is 0 Å². The molecule has 3 rings (SSSR count). The van der Waals surface area contributed by atoms with Gasteiger partial charge >= 0.3 is 0 Å². The number of benzene rings is 2. The summed E-state index contributed by atoms with van der Waals surface area (Å²) in [6, 6.07) is 16.1. The lowest BCUT2D eigenvalue weighted by atomic mass is 9.99. The summed E-state index contributed by atoms with van der Waals surface area (Å²) in [5, 5.41) is 4.38. The molecular weight excluding hydrogens is 308 g/mol. The number of sulfone groups is 1. The van der Waals surface area contributed by atoms with Crippen LogP contribution in [0.3, 0.4) is 0 Å². The Kier molecular flexibility index (Phi) is 4.24. The number of aromatic nitrogens is 1. The summed E-state index contributed by atoms with van der Waals surface area (Å²) >= 11 is 0. The van der Waals surface area contributed by atoms with Crippen molar-refractivity contribution in [3.05, 3.63) is 65.2 Å². The van der Waals surface area contributed by atoms with Crippen LogP contribution in [0.4, 0.5) is 0 Å². The minimum Gasteiger partial charge on any atom is -0.346 e. The molecule has 0 saturated carbocycles. The van der Waals surface area contributed by atoms with Crippen LogP contribution in [0.25, 0.3) is 10.9 Å². The van der Waals surface area contributed by atoms with Crippen molar-refractivity contribution in [3.8, 4) is 0 Å². The predicted octanol–water partition coefficient (Wildman–Crippen LogP) is 2.88. The zero-order valence-electron chi connectivity index (χ0n) is 13.3. The van der Waals surface area contributed by atoms with Gasteiger partial charge in [-0.05, 0) is 48.4 Å². The molecule has 0 fully saturated rings. The van der Waals surface area contributed by atoms with Crippen LogP contribution >= 0.6 is 0 Å². The highest BCUT2D eigenvalue weighted by molar-refractivity contribution is 7.90. The lowest BCUT2D eigenvalue weighted by Gasteiger charge is -2.09. The maximum absolute atomic E-state index is 11.7. The van der Waals surface area contributed by atoms with E-state index in [1.54, 1.807) is 6.07 Å². The Labute approximate surface area is 136 Å². The van der Waals surface area contributed by atoms with E-state index in [4.69, 9.17) is 0 Å². The Balaban J connectivity index is 1.95. The van der Waals surface area contributed by atoms with Crippen molar-refractivity contribution in [2.45, 2.75) is 18.0 Å². The molecule has 0 atom stereocenters. The molecule has 0 aliphatic carbocycles. The Bertz CT molecular complexity index is 943. The molecule has 120 valence electrons. The van der Waals surface area contributed by atoms with Crippen molar-refractivity contribution in [2.75, 3.05) is 13.3 Å². The quantitative estimate of drug-likeness (QED) is 0.757. The average Bonchev–Trinajstić information content (AvgIpc) is 2.93. The van der Waals surface area contributed by atoms with Gasteiger partial charge in [0.2, 0.25) is 0 Å². The van der Waals surface area contributed by atoms with E-state index in [9.17, 15) is 8.42 Å². The van der Waals surface area contributed by atoms with Gasteiger partial charge in [-0.15, -0.1) is 0 Å². The molecule has 2 aromatic carbocycles. The average molecular weight is 328 g/mol. The highest BCUT2D eigenvalue weighted by atomic mass is 32.2. The minimum absolute atomic E-state index is 0.264. The van der Waals surface area contributed by atoms with Crippen molar-refractivity contribution in [1.29, 1.82) is 0 Å². The maximum Gasteiger partial charge on any atom is 0.190 e. The van der Waals surface area contributed by atoms with Crippen LogP contribution in [0.15, 0.2) is 53.6 Å². The second kappa shape index (κ2) is 6.18. The summed E-state index contributed by atoms with van der Waals surface area (Å²) in [5.74, 6) is 0. The van der Waals surface area contributed by atoms with Gasteiger partial charge in [-0.2, -0.15) is 0 Å². The molecule has 3 aromatic rings. The maximum atomic E-state index is 11.7. The fourth-order valence-electron chi connectivity index (χ4n) is 2.78. The van der Waals surface area contributed by atoms with E-state index in [0.29, 0.717) is 0 Å². The number of nitrogens with one attached hydrogen (secondary N) is 2. The zero-order chi connectivity index (χ0) is 16.4. The van der Waals surface area contributed by atoms with Crippen molar-refractivity contribution in [3.63, 3.8) is 0 Å². The molecule has 23 heavy (non-hydrogen) atoms. The molecular formula is C18H20N2O2S. The summed E-state index contributed by atoms with van der Waals surface area (Å²) in [6.45, 7) is 0.834. The third kappa shape index (κ3) is 3.46. The first-order chi connectivity index (χ1) is 11.0. The Morgan fingerprint density at radius 3 is 2.48 bits per heavy atom. The summed E-state index contributed by atoms with van der Waals surface area (Å²) in [4.78, 5) is 2.96. The monoisotopic (exact) mass is 328 g/mol. The summed E-state index contributed by atoms with van der Waals surface area (Å²) in [6.07, 6.45) is 2.04. The number of aromatic amines is 1. The van der Waals surface area contributed by atoms with E-state index in [0.717, 1.165) is 23.9 Å². The molecule has 0 spiro atoms. The van der Waals surface area contributed by atoms with Gasteiger partial charge in [-0.3, -0.25) is 0 Å². The number of rotatable bonds is 5. The molecule has 0 aliphatic heterocycles. The molecule has 0 amide bonds. The van der Waals surface area contributed by atoms with E-state index < -0.39 is 9.84 Å². The van der Waals surface area contributed by atoms with Crippen LogP contribution in [-0.4, -0.2) is 26.7 Å². The second-order valence-electron chi connectivity index (χ2n) is 5.80. The summed E-state index contributed by atoms with van der Waals surface area (Å²) in [7, 11) is -1.27. The third-order valence-electron chi connectivity index (χ3n) is 3.94. The SMILES string of the molecule is CNCc1ccccc1Cc1ccc2[nH]c(S(C)(=O)=O)cc2c1. The van der Waals surface area contributed by atoms with Gasteiger partial charge in [0.25, 0.3) is 0 Å². The molecule has 2 N–H and O–H groups in total. The highest BCUT2D eigenvalue weighted by Crippen LogP contribution is 2.22. The Morgan fingerprint density at radius 2 is 1.78 bits per heavy atom. The topological polar surface area (TPSA) is 62.0 Å². The minimum atomic E-state index is -3.21. The van der Waals surface area contributed by atoms with Crippen LogP contribution in [0.1, 0.15) is 16.7 Å². The molecule has 0 radical (unpaired) electrons. The van der Waals surface area contributed by atoms with E-state index in [1.165, 1.54) is 22.9 Å². The molecule has 0 aliphatic rings. The van der Waals surface area contributed by atoms with Gasteiger partial charge in [0.15, 0.2) is 9.84 Å². The molecule has 1 aromatic heterocycles. The molecule has 5 heteroatoms. The largest absolute Gasteiger partial charge is 0.346 e. The molecule has 0 bridgehead atoms. The first kappa shape index (κ1) is 15.8. The highest BCUT2D eigenvalue weighted by Gasteiger charge is 2.11. The Morgan fingerprint density at radius 1 is 1.04 bits per heavy atom. The fourth-order valence-corrected chi connectivity index (χ4v) is 3.41. The van der Waals surface area contributed by atoms with E-state index >= 15 is 0 Å². The van der Waals surface area contributed by atoms with Crippen LogP contribution in [0.5, 0.6) is 0 Å². The number of hydrogen-bond acceptors (Lipinski definition) is 3. The third-order valence-corrected chi connectivity index (χ3v) is 4.96. The van der Waals surface area contributed by atoms with Gasteiger partial charge < -0.3 is 10.3 Å². The molecule has 0 saturated heterocycles. The normalized spacial score (nSPS) is 11.9. The van der Waals surface area contributed by atoms with Crippen LogP contribution in [0, 0.1) is 0 Å². The number of H-pyrrole nitrogens is 1. The van der Waals surface area contributed by atoms with Gasteiger partial charge in [0, 0.05) is 23.7 Å². The summed E-state index contributed by atoms with van der Waals surface area (Å²) in [5.41, 5.74) is 4.57. The predicted molar refractivity (Wildman–Crippen MR) is 93.4 cm³/mol. The molecule has 0 unspecified atom stereocenters. The first-order valence-corrected chi connectivity index (χ1v) is 9.39. The van der Waals surface area contributed by atoms with E-state index in [1.807, 2.05) is 31.3 Å². The van der Waals surface area contributed by atoms with Gasteiger partial charge in [0.1, 0.15) is 5.03 Å². The van der Waals surface area contributed by atoms with Crippen molar-refractivity contribution >= 4 is 20.7 Å². The van der Waals surface area contributed by atoms with Crippen LogP contribution in [0.2, 0.25) is 0 Å². The molecule has 4 nitrogen and oxygen atoms in total. The van der Waals surface area contributed by atoms with Crippen molar-refractivity contribution in [1.82, 2.24) is 10.3 Å².